The maximum absolute atomic E-state index is 13.6. The summed E-state index contributed by atoms with van der Waals surface area (Å²) in [5.41, 5.74) is -1.05. The van der Waals surface area contributed by atoms with Gasteiger partial charge in [0.1, 0.15) is 18.0 Å². The Morgan fingerprint density at radius 3 is 2.13 bits per heavy atom. The summed E-state index contributed by atoms with van der Waals surface area (Å²) >= 11 is 0. The van der Waals surface area contributed by atoms with Gasteiger partial charge >= 0.3 is 6.18 Å². The molecule has 13 heteroatoms. The third kappa shape index (κ3) is 8.27. The van der Waals surface area contributed by atoms with Crippen LogP contribution in [0, 0.1) is 22.7 Å². The van der Waals surface area contributed by atoms with Gasteiger partial charge in [-0.3, -0.25) is 19.4 Å². The highest BCUT2D eigenvalue weighted by Crippen LogP contribution is 2.34. The molecule has 0 radical (unpaired) electrons. The van der Waals surface area contributed by atoms with Crippen molar-refractivity contribution in [1.82, 2.24) is 24.9 Å². The molecule has 1 atom stereocenters. The van der Waals surface area contributed by atoms with Crippen molar-refractivity contribution < 1.29 is 32.2 Å². The molecule has 220 valence electrons. The van der Waals surface area contributed by atoms with E-state index in [9.17, 15) is 28.0 Å². The van der Waals surface area contributed by atoms with E-state index in [1.807, 2.05) is 15.1 Å². The molecular formula is C26H41F3N6O4. The number of nitrogens with one attached hydrogen (secondary N) is 1. The molecule has 10 nitrogen and oxygen atoms in total. The molecule has 4 aliphatic heterocycles. The molecule has 0 aromatic rings. The first-order valence-corrected chi connectivity index (χ1v) is 14.1. The fourth-order valence-corrected chi connectivity index (χ4v) is 6.02. The zero-order valence-electron chi connectivity index (χ0n) is 22.6. The Balaban J connectivity index is 1.31. The number of alkyl halides is 3. The minimum atomic E-state index is -4.49. The highest BCUT2D eigenvalue weighted by Gasteiger charge is 2.45. The van der Waals surface area contributed by atoms with Crippen LogP contribution in [0.25, 0.3) is 0 Å². The Kier molecular flexibility index (Phi) is 10.4. The number of amides is 2. The molecule has 0 bridgehead atoms. The summed E-state index contributed by atoms with van der Waals surface area (Å²) < 4.78 is 49.1. The van der Waals surface area contributed by atoms with Gasteiger partial charge in [0, 0.05) is 78.7 Å². The minimum absolute atomic E-state index is 0.165. The van der Waals surface area contributed by atoms with Crippen molar-refractivity contribution in [2.24, 2.45) is 11.3 Å². The Bertz CT molecular complexity index is 857. The van der Waals surface area contributed by atoms with Crippen LogP contribution >= 0.6 is 0 Å². The van der Waals surface area contributed by atoms with Crippen molar-refractivity contribution in [2.45, 2.75) is 37.9 Å². The molecule has 4 rings (SSSR count). The van der Waals surface area contributed by atoms with Gasteiger partial charge < -0.3 is 24.6 Å². The van der Waals surface area contributed by atoms with Crippen LogP contribution < -0.4 is 5.32 Å². The molecule has 4 heterocycles. The van der Waals surface area contributed by atoms with Gasteiger partial charge in [-0.05, 0) is 31.6 Å². The Morgan fingerprint density at radius 2 is 1.54 bits per heavy atom. The van der Waals surface area contributed by atoms with Crippen LogP contribution in [-0.2, 0) is 19.1 Å². The van der Waals surface area contributed by atoms with Crippen LogP contribution in [0.2, 0.25) is 0 Å². The number of ether oxygens (including phenoxy) is 2. The molecule has 0 aromatic heterocycles. The van der Waals surface area contributed by atoms with E-state index in [0.29, 0.717) is 90.9 Å². The number of nitriles is 1. The van der Waals surface area contributed by atoms with E-state index in [4.69, 9.17) is 9.47 Å². The normalized spacial score (nSPS) is 25.1. The van der Waals surface area contributed by atoms with Crippen molar-refractivity contribution in [1.29, 1.82) is 5.26 Å². The second-order valence-corrected chi connectivity index (χ2v) is 11.1. The van der Waals surface area contributed by atoms with E-state index in [0.717, 1.165) is 32.6 Å². The molecule has 1 N–H and O–H groups in total. The van der Waals surface area contributed by atoms with Gasteiger partial charge in [-0.25, -0.2) is 0 Å². The number of rotatable bonds is 8. The number of morpholine rings is 1. The first-order valence-electron chi connectivity index (χ1n) is 14.1. The summed E-state index contributed by atoms with van der Waals surface area (Å²) in [5, 5.41) is 12.1. The quantitative estimate of drug-likeness (QED) is 0.461. The third-order valence-electron chi connectivity index (χ3n) is 8.53. The highest BCUT2D eigenvalue weighted by atomic mass is 19.4. The number of halogens is 3. The average Bonchev–Trinajstić information content (AvgIpc) is 2.96. The summed E-state index contributed by atoms with van der Waals surface area (Å²) in [6, 6.07) is 1.57. The lowest BCUT2D eigenvalue weighted by atomic mass is 9.78. The van der Waals surface area contributed by atoms with Crippen LogP contribution in [0.5, 0.6) is 0 Å². The molecule has 39 heavy (non-hydrogen) atoms. The largest absolute Gasteiger partial charge is 0.405 e. The van der Waals surface area contributed by atoms with Gasteiger partial charge in [0.05, 0.1) is 19.3 Å². The summed E-state index contributed by atoms with van der Waals surface area (Å²) in [6.07, 6.45) is -1.42. The SMILES string of the molecule is N#CC1(C(=O)N2CCN([C@@H](CN3CCOCC3)C(=O)NCC(F)(F)F)CC2)CCN(CC2CCOCC2)CC1. The number of hydrogen-bond acceptors (Lipinski definition) is 8. The lowest BCUT2D eigenvalue weighted by Gasteiger charge is -2.44. The lowest BCUT2D eigenvalue weighted by Crippen LogP contribution is -2.61. The van der Waals surface area contributed by atoms with E-state index in [1.54, 1.807) is 4.90 Å². The van der Waals surface area contributed by atoms with Gasteiger partial charge in [-0.1, -0.05) is 0 Å². The predicted octanol–water partition coefficient (Wildman–Crippen LogP) is 0.542. The molecule has 0 spiro atoms. The summed E-state index contributed by atoms with van der Waals surface area (Å²) in [6.45, 7) is 6.53. The van der Waals surface area contributed by atoms with Crippen LogP contribution in [0.3, 0.4) is 0 Å². The van der Waals surface area contributed by atoms with Gasteiger partial charge in [0.15, 0.2) is 0 Å². The molecule has 2 amide bonds. The number of piperazine rings is 1. The van der Waals surface area contributed by atoms with E-state index < -0.39 is 30.1 Å². The van der Waals surface area contributed by atoms with Crippen LogP contribution in [0.4, 0.5) is 13.2 Å². The van der Waals surface area contributed by atoms with Crippen molar-refractivity contribution in [3.8, 4) is 6.07 Å². The second-order valence-electron chi connectivity index (χ2n) is 11.1. The number of hydrogen-bond donors (Lipinski definition) is 1. The van der Waals surface area contributed by atoms with Crippen LogP contribution in [-0.4, -0.2) is 142 Å². The van der Waals surface area contributed by atoms with Gasteiger partial charge in [-0.2, -0.15) is 18.4 Å². The average molecular weight is 559 g/mol. The summed E-state index contributed by atoms with van der Waals surface area (Å²) in [4.78, 5) is 34.4. The molecule has 0 unspecified atom stereocenters. The van der Waals surface area contributed by atoms with Crippen molar-refractivity contribution in [2.75, 3.05) is 98.4 Å². The van der Waals surface area contributed by atoms with Crippen molar-refractivity contribution in [3.05, 3.63) is 0 Å². The topological polar surface area (TPSA) is 101 Å². The fourth-order valence-electron chi connectivity index (χ4n) is 6.02. The maximum Gasteiger partial charge on any atom is 0.405 e. The van der Waals surface area contributed by atoms with E-state index >= 15 is 0 Å². The Morgan fingerprint density at radius 1 is 0.923 bits per heavy atom. The summed E-state index contributed by atoms with van der Waals surface area (Å²) in [5.74, 6) is -0.235. The van der Waals surface area contributed by atoms with E-state index in [2.05, 4.69) is 11.0 Å². The molecule has 0 aliphatic carbocycles. The standard InChI is InChI=1S/C26H41F3N6O4/c27-26(28,29)20-31-23(36)22(18-33-11-15-39-16-12-33)34-7-9-35(10-8-34)24(37)25(19-30)3-5-32(6-4-25)17-21-1-13-38-14-2-21/h21-22H,1-18,20H2,(H,31,36)/t22-/m0/s1. The highest BCUT2D eigenvalue weighted by molar-refractivity contribution is 5.86. The third-order valence-corrected chi connectivity index (χ3v) is 8.53. The van der Waals surface area contributed by atoms with E-state index in [-0.39, 0.29) is 5.91 Å². The zero-order chi connectivity index (χ0) is 27.9. The van der Waals surface area contributed by atoms with Gasteiger partial charge in [0.25, 0.3) is 0 Å². The molecular weight excluding hydrogens is 517 g/mol. The Hall–Kier alpha value is -1.98. The minimum Gasteiger partial charge on any atom is -0.381 e. The number of likely N-dealkylation sites (tertiary alicyclic amines) is 1. The lowest BCUT2D eigenvalue weighted by molar-refractivity contribution is -0.146. The number of carbonyl (C=O) groups excluding carboxylic acids is 2. The monoisotopic (exact) mass is 558 g/mol. The maximum atomic E-state index is 13.6. The smallest absolute Gasteiger partial charge is 0.381 e. The van der Waals surface area contributed by atoms with Gasteiger partial charge in [-0.15, -0.1) is 0 Å². The molecule has 4 aliphatic rings. The number of piperidine rings is 1. The van der Waals surface area contributed by atoms with Crippen LogP contribution in [0.15, 0.2) is 0 Å². The summed E-state index contributed by atoms with van der Waals surface area (Å²) in [7, 11) is 0. The first-order chi connectivity index (χ1) is 18.7. The zero-order valence-corrected chi connectivity index (χ0v) is 22.6. The molecule has 0 saturated carbocycles. The second kappa shape index (κ2) is 13.6. The number of carbonyl (C=O) groups is 2. The first kappa shape index (κ1) is 30.0. The van der Waals surface area contributed by atoms with Gasteiger partial charge in [0.2, 0.25) is 11.8 Å². The fraction of sp³-hybridized carbons (Fsp3) is 0.885. The van der Waals surface area contributed by atoms with Crippen molar-refractivity contribution >= 4 is 11.8 Å². The van der Waals surface area contributed by atoms with Crippen molar-refractivity contribution in [3.63, 3.8) is 0 Å². The molecule has 0 aromatic carbocycles. The molecule has 4 fully saturated rings. The van der Waals surface area contributed by atoms with E-state index in [1.165, 1.54) is 0 Å². The van der Waals surface area contributed by atoms with Crippen LogP contribution in [0.1, 0.15) is 25.7 Å². The predicted molar refractivity (Wildman–Crippen MR) is 136 cm³/mol. The molecule has 4 saturated heterocycles. The number of nitrogens with zero attached hydrogens (tertiary/aromatic N) is 5. The Labute approximate surface area is 228 Å².